The number of hydrogen-bond donors (Lipinski definition) is 0. The maximum Gasteiger partial charge on any atom is 0.443 e. The summed E-state index contributed by atoms with van der Waals surface area (Å²) >= 11 is 0. The Hall–Kier alpha value is -0.430. The molecule has 0 aliphatic heterocycles. The highest BCUT2D eigenvalue weighted by Crippen LogP contribution is 2.34. The van der Waals surface area contributed by atoms with Crippen molar-refractivity contribution in [1.82, 2.24) is 0 Å². The first-order chi connectivity index (χ1) is 7.37. The second-order valence-corrected chi connectivity index (χ2v) is 2.90. The topological polar surface area (TPSA) is 18.5 Å². The fourth-order valence-corrected chi connectivity index (χ4v) is 0.721. The molecule has 0 heterocycles. The van der Waals surface area contributed by atoms with Gasteiger partial charge in [0.2, 0.25) is 0 Å². The number of rotatable bonds is 6. The summed E-state index contributed by atoms with van der Waals surface area (Å²) in [7, 11) is 0.500. The zero-order chi connectivity index (χ0) is 13.2. The molecule has 0 radical (unpaired) electrons. The van der Waals surface area contributed by atoms with Crippen molar-refractivity contribution in [3.8, 4) is 0 Å². The minimum absolute atomic E-state index is 0.105. The van der Waals surface area contributed by atoms with Crippen LogP contribution in [0.15, 0.2) is 0 Å². The lowest BCUT2D eigenvalue weighted by Crippen LogP contribution is -2.47. The van der Waals surface area contributed by atoms with E-state index in [9.17, 15) is 22.0 Å². The van der Waals surface area contributed by atoms with E-state index in [1.807, 2.05) is 6.92 Å². The molecule has 0 aromatic rings. The van der Waals surface area contributed by atoms with Gasteiger partial charge in [0, 0.05) is 0 Å². The molecule has 1 atom stereocenters. The van der Waals surface area contributed by atoms with Crippen LogP contribution in [0.1, 0.15) is 26.7 Å². The SMILES string of the molecule is CCCCOC(C)(OCF)C(F)(F)F.CF. The second-order valence-electron chi connectivity index (χ2n) is 2.90. The lowest BCUT2D eigenvalue weighted by Gasteiger charge is -2.30. The quantitative estimate of drug-likeness (QED) is 0.408. The molecule has 0 N–H and O–H groups in total. The zero-order valence-corrected chi connectivity index (χ0v) is 9.53. The zero-order valence-electron chi connectivity index (χ0n) is 9.53. The lowest BCUT2D eigenvalue weighted by atomic mass is 10.3. The van der Waals surface area contributed by atoms with E-state index in [0.29, 0.717) is 26.9 Å². The Kier molecular flexibility index (Phi) is 9.75. The predicted molar refractivity (Wildman–Crippen MR) is 49.4 cm³/mol. The van der Waals surface area contributed by atoms with Crippen molar-refractivity contribution >= 4 is 0 Å². The van der Waals surface area contributed by atoms with Crippen molar-refractivity contribution in [2.75, 3.05) is 20.6 Å². The Morgan fingerprint density at radius 3 is 1.88 bits per heavy atom. The standard InChI is InChI=1S/C8H14F4O2.CH3F/c1-3-4-5-13-7(2,14-6-9)8(10,11)12;1-2/h3-6H2,1-2H3;1H3. The molecule has 7 heteroatoms. The molecule has 16 heavy (non-hydrogen) atoms. The van der Waals surface area contributed by atoms with E-state index in [0.717, 1.165) is 0 Å². The number of hydrogen-bond acceptors (Lipinski definition) is 2. The van der Waals surface area contributed by atoms with Gasteiger partial charge in [0.15, 0.2) is 6.86 Å². The van der Waals surface area contributed by atoms with E-state index >= 15 is 0 Å². The summed E-state index contributed by atoms with van der Waals surface area (Å²) in [6.07, 6.45) is -3.56. The van der Waals surface area contributed by atoms with E-state index in [-0.39, 0.29) is 6.61 Å². The van der Waals surface area contributed by atoms with E-state index < -0.39 is 18.8 Å². The van der Waals surface area contributed by atoms with Crippen molar-refractivity contribution in [3.05, 3.63) is 0 Å². The van der Waals surface area contributed by atoms with Crippen molar-refractivity contribution in [1.29, 1.82) is 0 Å². The van der Waals surface area contributed by atoms with Crippen LogP contribution in [0.25, 0.3) is 0 Å². The van der Waals surface area contributed by atoms with Crippen LogP contribution in [0.3, 0.4) is 0 Å². The van der Waals surface area contributed by atoms with Crippen LogP contribution < -0.4 is 0 Å². The van der Waals surface area contributed by atoms with Crippen LogP contribution in [0.2, 0.25) is 0 Å². The highest BCUT2D eigenvalue weighted by atomic mass is 19.4. The van der Waals surface area contributed by atoms with Crippen molar-refractivity contribution in [3.63, 3.8) is 0 Å². The smallest absolute Gasteiger partial charge is 0.343 e. The van der Waals surface area contributed by atoms with Crippen molar-refractivity contribution in [2.24, 2.45) is 0 Å². The summed E-state index contributed by atoms with van der Waals surface area (Å²) < 4.78 is 66.5. The molecule has 0 rings (SSSR count). The van der Waals surface area contributed by atoms with Gasteiger partial charge in [-0.1, -0.05) is 13.3 Å². The summed E-state index contributed by atoms with van der Waals surface area (Å²) in [6, 6.07) is 0. The van der Waals surface area contributed by atoms with Gasteiger partial charge in [0.25, 0.3) is 5.79 Å². The Bertz CT molecular complexity index is 162. The van der Waals surface area contributed by atoms with Crippen LogP contribution in [0, 0.1) is 0 Å². The lowest BCUT2D eigenvalue weighted by molar-refractivity contribution is -0.380. The third-order valence-corrected chi connectivity index (χ3v) is 1.72. The molecule has 1 unspecified atom stereocenters. The van der Waals surface area contributed by atoms with Crippen molar-refractivity contribution in [2.45, 2.75) is 38.7 Å². The Labute approximate surface area is 91.7 Å². The highest BCUT2D eigenvalue weighted by molar-refractivity contribution is 4.72. The molecule has 2 nitrogen and oxygen atoms in total. The Balaban J connectivity index is 0. The third kappa shape index (κ3) is 6.22. The number of alkyl halides is 5. The fraction of sp³-hybridized carbons (Fsp3) is 1.00. The third-order valence-electron chi connectivity index (χ3n) is 1.72. The molecular weight excluding hydrogens is 235 g/mol. The summed E-state index contributed by atoms with van der Waals surface area (Å²) in [5.41, 5.74) is 0. The maximum absolute atomic E-state index is 12.3. The molecule has 0 aromatic heterocycles. The molecule has 0 fully saturated rings. The minimum Gasteiger partial charge on any atom is -0.343 e. The predicted octanol–water partition coefficient (Wildman–Crippen LogP) is 3.61. The van der Waals surface area contributed by atoms with Gasteiger partial charge < -0.3 is 9.47 Å². The van der Waals surface area contributed by atoms with Gasteiger partial charge in [-0.3, -0.25) is 4.39 Å². The van der Waals surface area contributed by atoms with Crippen LogP contribution in [0.4, 0.5) is 22.0 Å². The first kappa shape index (κ1) is 17.9. The van der Waals surface area contributed by atoms with E-state index in [4.69, 9.17) is 0 Å². The monoisotopic (exact) mass is 252 g/mol. The van der Waals surface area contributed by atoms with Gasteiger partial charge in [0.1, 0.15) is 0 Å². The maximum atomic E-state index is 12.3. The van der Waals surface area contributed by atoms with Gasteiger partial charge in [-0.05, 0) is 13.3 Å². The summed E-state index contributed by atoms with van der Waals surface area (Å²) in [5.74, 6) is -2.84. The van der Waals surface area contributed by atoms with Gasteiger partial charge in [0.05, 0.1) is 13.8 Å². The van der Waals surface area contributed by atoms with E-state index in [1.54, 1.807) is 0 Å². The average molecular weight is 252 g/mol. The summed E-state index contributed by atoms with van der Waals surface area (Å²) in [4.78, 5) is 0. The van der Waals surface area contributed by atoms with Crippen LogP contribution in [-0.4, -0.2) is 32.6 Å². The van der Waals surface area contributed by atoms with Crippen molar-refractivity contribution < 1.29 is 31.4 Å². The summed E-state index contributed by atoms with van der Waals surface area (Å²) in [5, 5.41) is 0. The molecule has 0 aliphatic carbocycles. The van der Waals surface area contributed by atoms with Gasteiger partial charge in [-0.25, -0.2) is 4.39 Å². The Morgan fingerprint density at radius 1 is 1.06 bits per heavy atom. The molecule has 0 aromatic carbocycles. The largest absolute Gasteiger partial charge is 0.443 e. The Morgan fingerprint density at radius 2 is 1.56 bits per heavy atom. The normalized spacial score (nSPS) is 15.0. The molecular formula is C9H17F5O2. The first-order valence-electron chi connectivity index (χ1n) is 4.65. The van der Waals surface area contributed by atoms with Gasteiger partial charge in [-0.15, -0.1) is 0 Å². The average Bonchev–Trinajstić information content (AvgIpc) is 2.20. The number of halogens is 5. The van der Waals surface area contributed by atoms with Gasteiger partial charge >= 0.3 is 6.18 Å². The molecule has 0 spiro atoms. The van der Waals surface area contributed by atoms with Gasteiger partial charge in [-0.2, -0.15) is 13.2 Å². The van der Waals surface area contributed by atoms with Crippen LogP contribution in [-0.2, 0) is 9.47 Å². The highest BCUT2D eigenvalue weighted by Gasteiger charge is 2.54. The molecule has 0 aliphatic rings. The molecule has 0 amide bonds. The number of ether oxygens (including phenoxy) is 2. The van der Waals surface area contributed by atoms with Crippen LogP contribution in [0.5, 0.6) is 0 Å². The van der Waals surface area contributed by atoms with E-state index in [2.05, 4.69) is 9.47 Å². The molecule has 0 saturated carbocycles. The van der Waals surface area contributed by atoms with E-state index in [1.165, 1.54) is 0 Å². The fourth-order valence-electron chi connectivity index (χ4n) is 0.721. The first-order valence-corrected chi connectivity index (χ1v) is 4.65. The second kappa shape index (κ2) is 8.69. The summed E-state index contributed by atoms with van der Waals surface area (Å²) in [6.45, 7) is 0.848. The molecule has 100 valence electrons. The number of unbranched alkanes of at least 4 members (excludes halogenated alkanes) is 1. The molecule has 0 bridgehead atoms. The minimum atomic E-state index is -4.73. The molecule has 0 saturated heterocycles. The van der Waals surface area contributed by atoms with Crippen LogP contribution >= 0.6 is 0 Å².